The highest BCUT2D eigenvalue weighted by molar-refractivity contribution is 5.80. The number of nitrogens with zero attached hydrogens (tertiary/aromatic N) is 2. The molecule has 0 saturated carbocycles. The molecular weight excluding hydrogens is 318 g/mol. The Kier molecular flexibility index (Phi) is 4.95. The third-order valence-corrected chi connectivity index (χ3v) is 5.95. The number of ether oxygens (including phenoxy) is 1. The number of likely N-dealkylation sites (tertiary alicyclic amines) is 1. The minimum Gasteiger partial charge on any atom is -0.444 e. The monoisotopic (exact) mass is 349 g/mol. The van der Waals surface area contributed by atoms with Crippen LogP contribution in [0.15, 0.2) is 4.42 Å². The molecule has 5 unspecified atom stereocenters. The molecule has 1 N–H and O–H groups in total. The molecule has 2 fully saturated rings. The zero-order chi connectivity index (χ0) is 18.4. The first-order valence-electron chi connectivity index (χ1n) is 9.31. The molecule has 5 atom stereocenters. The van der Waals surface area contributed by atoms with Crippen molar-refractivity contribution in [2.24, 2.45) is 11.8 Å². The summed E-state index contributed by atoms with van der Waals surface area (Å²) in [5.74, 6) is 1.93. The van der Waals surface area contributed by atoms with Crippen LogP contribution in [0.5, 0.6) is 0 Å². The van der Waals surface area contributed by atoms with Crippen LogP contribution < -0.4 is 5.32 Å². The van der Waals surface area contributed by atoms with Crippen LogP contribution in [0.3, 0.4) is 0 Å². The van der Waals surface area contributed by atoms with E-state index in [1.54, 1.807) is 0 Å². The minimum atomic E-state index is -0.209. The second-order valence-corrected chi connectivity index (χ2v) is 8.19. The largest absolute Gasteiger partial charge is 0.444 e. The molecule has 25 heavy (non-hydrogen) atoms. The number of carbonyl (C=O) groups is 1. The molecule has 6 nitrogen and oxygen atoms in total. The summed E-state index contributed by atoms with van der Waals surface area (Å²) in [5, 5.41) is 3.30. The van der Waals surface area contributed by atoms with Crippen molar-refractivity contribution in [3.8, 4) is 0 Å². The molecule has 2 aliphatic heterocycles. The van der Waals surface area contributed by atoms with Gasteiger partial charge in [-0.05, 0) is 47.0 Å². The van der Waals surface area contributed by atoms with E-state index >= 15 is 0 Å². The van der Waals surface area contributed by atoms with E-state index in [9.17, 15) is 4.79 Å². The van der Waals surface area contributed by atoms with E-state index in [0.717, 1.165) is 36.9 Å². The van der Waals surface area contributed by atoms with Gasteiger partial charge in [0.2, 0.25) is 11.8 Å². The number of rotatable bonds is 4. The Labute approximate surface area is 150 Å². The highest BCUT2D eigenvalue weighted by Gasteiger charge is 2.44. The Morgan fingerprint density at radius 3 is 2.60 bits per heavy atom. The van der Waals surface area contributed by atoms with Gasteiger partial charge in [-0.2, -0.15) is 0 Å². The lowest BCUT2D eigenvalue weighted by Crippen LogP contribution is -2.51. The van der Waals surface area contributed by atoms with E-state index in [0.29, 0.717) is 6.54 Å². The molecular formula is C19H31N3O3. The van der Waals surface area contributed by atoms with Crippen LogP contribution in [-0.2, 0) is 16.1 Å². The lowest BCUT2D eigenvalue weighted by molar-refractivity contribution is -0.128. The average molecular weight is 349 g/mol. The summed E-state index contributed by atoms with van der Waals surface area (Å²) in [4.78, 5) is 19.6. The summed E-state index contributed by atoms with van der Waals surface area (Å²) < 4.78 is 11.5. The van der Waals surface area contributed by atoms with Gasteiger partial charge in [0.25, 0.3) is 0 Å². The number of aromatic nitrogens is 1. The van der Waals surface area contributed by atoms with Gasteiger partial charge in [-0.3, -0.25) is 9.69 Å². The highest BCUT2D eigenvalue weighted by Crippen LogP contribution is 2.33. The Balaban J connectivity index is 1.59. The van der Waals surface area contributed by atoms with E-state index in [-0.39, 0.29) is 35.5 Å². The smallest absolute Gasteiger partial charge is 0.226 e. The summed E-state index contributed by atoms with van der Waals surface area (Å²) in [5.41, 5.74) is 0.738. The molecule has 0 bridgehead atoms. The molecule has 3 rings (SSSR count). The molecule has 1 aromatic rings. The number of aryl methyl sites for hydroxylation is 2. The van der Waals surface area contributed by atoms with E-state index in [1.807, 2.05) is 27.7 Å². The minimum absolute atomic E-state index is 0.0237. The quantitative estimate of drug-likeness (QED) is 0.904. The number of carbonyl (C=O) groups excluding carboxylic acids is 1. The Morgan fingerprint density at radius 2 is 2.04 bits per heavy atom. The zero-order valence-corrected chi connectivity index (χ0v) is 16.3. The fourth-order valence-corrected chi connectivity index (χ4v) is 4.19. The molecule has 0 radical (unpaired) electrons. The third-order valence-electron chi connectivity index (χ3n) is 5.95. The van der Waals surface area contributed by atoms with Crippen molar-refractivity contribution in [2.45, 2.75) is 72.3 Å². The predicted octanol–water partition coefficient (Wildman–Crippen LogP) is 2.43. The van der Waals surface area contributed by atoms with Crippen LogP contribution in [0.25, 0.3) is 0 Å². The predicted molar refractivity (Wildman–Crippen MR) is 95.1 cm³/mol. The highest BCUT2D eigenvalue weighted by atomic mass is 16.5. The Hall–Kier alpha value is -1.40. The van der Waals surface area contributed by atoms with Crippen molar-refractivity contribution in [2.75, 3.05) is 13.1 Å². The molecule has 0 aliphatic carbocycles. The topological polar surface area (TPSA) is 67.6 Å². The summed E-state index contributed by atoms with van der Waals surface area (Å²) in [7, 11) is 0. The lowest BCUT2D eigenvalue weighted by atomic mass is 9.87. The second kappa shape index (κ2) is 6.72. The van der Waals surface area contributed by atoms with E-state index in [4.69, 9.17) is 9.15 Å². The number of nitrogens with one attached hydrogen (secondary N) is 1. The van der Waals surface area contributed by atoms with Gasteiger partial charge in [-0.25, -0.2) is 4.98 Å². The van der Waals surface area contributed by atoms with Gasteiger partial charge in [-0.15, -0.1) is 0 Å². The van der Waals surface area contributed by atoms with Crippen LogP contribution in [0.2, 0.25) is 0 Å². The Morgan fingerprint density at radius 1 is 1.32 bits per heavy atom. The maximum Gasteiger partial charge on any atom is 0.226 e. The van der Waals surface area contributed by atoms with Crippen molar-refractivity contribution < 1.29 is 13.9 Å². The number of oxazole rings is 1. The molecule has 2 aliphatic rings. The Bertz CT molecular complexity index is 624. The molecule has 3 heterocycles. The molecule has 1 aromatic heterocycles. The fraction of sp³-hybridized carbons (Fsp3) is 0.789. The first-order valence-corrected chi connectivity index (χ1v) is 9.31. The van der Waals surface area contributed by atoms with Crippen LogP contribution in [0, 0.1) is 25.7 Å². The van der Waals surface area contributed by atoms with Crippen molar-refractivity contribution >= 4 is 5.91 Å². The van der Waals surface area contributed by atoms with E-state index < -0.39 is 0 Å². The normalized spacial score (nSPS) is 36.1. The first-order chi connectivity index (χ1) is 11.7. The zero-order valence-electron chi connectivity index (χ0n) is 16.3. The van der Waals surface area contributed by atoms with Gasteiger partial charge in [0.05, 0.1) is 35.9 Å². The fourth-order valence-electron chi connectivity index (χ4n) is 4.19. The van der Waals surface area contributed by atoms with Gasteiger partial charge in [-0.1, -0.05) is 6.92 Å². The number of hydrogen-bond acceptors (Lipinski definition) is 5. The molecule has 0 spiro atoms. The van der Waals surface area contributed by atoms with Gasteiger partial charge >= 0.3 is 0 Å². The molecule has 0 aromatic carbocycles. The van der Waals surface area contributed by atoms with Gasteiger partial charge in [0, 0.05) is 13.1 Å². The molecule has 2 saturated heterocycles. The van der Waals surface area contributed by atoms with Gasteiger partial charge in [0.1, 0.15) is 5.76 Å². The second-order valence-electron chi connectivity index (χ2n) is 8.19. The number of hydrogen-bond donors (Lipinski definition) is 1. The SMILES string of the molecule is Cc1nc(CN2CCC(C)(NC(=O)C3C(C)OC(C)C3C)C2)oc1C. The van der Waals surface area contributed by atoms with Crippen LogP contribution >= 0.6 is 0 Å². The average Bonchev–Trinajstić information content (AvgIpc) is 3.09. The van der Waals surface area contributed by atoms with Crippen LogP contribution in [0.1, 0.15) is 51.5 Å². The van der Waals surface area contributed by atoms with E-state index in [2.05, 4.69) is 29.0 Å². The van der Waals surface area contributed by atoms with Crippen LogP contribution in [0.4, 0.5) is 0 Å². The molecule has 1 amide bonds. The summed E-state index contributed by atoms with van der Waals surface area (Å²) in [6, 6.07) is 0. The van der Waals surface area contributed by atoms with Crippen molar-refractivity contribution in [1.82, 2.24) is 15.2 Å². The first kappa shape index (κ1) is 18.4. The number of amides is 1. The van der Waals surface area contributed by atoms with E-state index in [1.165, 1.54) is 0 Å². The summed E-state index contributed by atoms with van der Waals surface area (Å²) >= 11 is 0. The lowest BCUT2D eigenvalue weighted by Gasteiger charge is -2.29. The third kappa shape index (κ3) is 3.75. The standard InChI is InChI=1S/C19H31N3O3/c1-11-13(3)24-15(5)17(11)18(23)21-19(6)7-8-22(10-19)9-16-20-12(2)14(4)25-16/h11,13,15,17H,7-10H2,1-6H3,(H,21,23). The molecule has 140 valence electrons. The maximum absolute atomic E-state index is 12.8. The van der Waals surface area contributed by atoms with Crippen molar-refractivity contribution in [3.63, 3.8) is 0 Å². The molecule has 6 heteroatoms. The van der Waals surface area contributed by atoms with Gasteiger partial charge < -0.3 is 14.5 Å². The summed E-state index contributed by atoms with van der Waals surface area (Å²) in [6.45, 7) is 14.6. The summed E-state index contributed by atoms with van der Waals surface area (Å²) in [6.07, 6.45) is 1.04. The van der Waals surface area contributed by atoms with Gasteiger partial charge in [0.15, 0.2) is 0 Å². The van der Waals surface area contributed by atoms with Crippen molar-refractivity contribution in [3.05, 3.63) is 17.3 Å². The van der Waals surface area contributed by atoms with Crippen LogP contribution in [-0.4, -0.2) is 46.6 Å². The van der Waals surface area contributed by atoms with Crippen molar-refractivity contribution in [1.29, 1.82) is 0 Å². The maximum atomic E-state index is 12.8.